The highest BCUT2D eigenvalue weighted by atomic mass is 16.7. The van der Waals surface area contributed by atoms with Gasteiger partial charge in [-0.2, -0.15) is 0 Å². The van der Waals surface area contributed by atoms with Gasteiger partial charge in [0.15, 0.2) is 5.71 Å². The Labute approximate surface area is 254 Å². The minimum Gasteiger partial charge on any atom is -0.492 e. The maximum Gasteiger partial charge on any atom is 0.333 e. The zero-order valence-electron chi connectivity index (χ0n) is 25.6. The summed E-state index contributed by atoms with van der Waals surface area (Å²) < 4.78 is 2.81. The van der Waals surface area contributed by atoms with Crippen LogP contribution in [0.5, 0.6) is 11.8 Å². The summed E-state index contributed by atoms with van der Waals surface area (Å²) >= 11 is 0. The first-order valence-corrected chi connectivity index (χ1v) is 14.3. The quantitative estimate of drug-likeness (QED) is 0.229. The number of nitrogens with zero attached hydrogens (tertiary/aromatic N) is 4. The second-order valence-electron chi connectivity index (χ2n) is 10.9. The van der Waals surface area contributed by atoms with Crippen LogP contribution >= 0.6 is 0 Å². The van der Waals surface area contributed by atoms with Gasteiger partial charge in [-0.15, -0.1) is 4.73 Å². The summed E-state index contributed by atoms with van der Waals surface area (Å²) in [5.41, 5.74) is 7.97. The predicted molar refractivity (Wildman–Crippen MR) is 175 cm³/mol. The van der Waals surface area contributed by atoms with E-state index in [0.717, 1.165) is 52.3 Å². The third-order valence-electron chi connectivity index (χ3n) is 7.28. The maximum atomic E-state index is 12.1. The van der Waals surface area contributed by atoms with Crippen LogP contribution in [0.2, 0.25) is 0 Å². The lowest BCUT2D eigenvalue weighted by Gasteiger charge is -2.19. The molecule has 0 radical (unpaired) electrons. The van der Waals surface area contributed by atoms with Crippen LogP contribution in [0.3, 0.4) is 0 Å². The van der Waals surface area contributed by atoms with E-state index < -0.39 is 5.97 Å². The van der Waals surface area contributed by atoms with E-state index in [1.54, 1.807) is 0 Å². The Kier molecular flexibility index (Phi) is 10.3. The molecule has 2 aromatic carbocycles. The number of hydrogen-bond acceptors (Lipinski definition) is 6. The van der Waals surface area contributed by atoms with Crippen molar-refractivity contribution in [3.8, 4) is 11.8 Å². The highest BCUT2D eigenvalue weighted by molar-refractivity contribution is 6.03. The molecule has 43 heavy (non-hydrogen) atoms. The first-order valence-electron chi connectivity index (χ1n) is 14.3. The van der Waals surface area contributed by atoms with Crippen molar-refractivity contribution >= 4 is 34.7 Å². The lowest BCUT2D eigenvalue weighted by atomic mass is 9.95. The Morgan fingerprint density at radius 3 is 2.02 bits per heavy atom. The first-order chi connectivity index (χ1) is 20.6. The van der Waals surface area contributed by atoms with Gasteiger partial charge in [-0.05, 0) is 71.5 Å². The normalized spacial score (nSPS) is 12.6. The molecule has 4 rings (SSSR count). The Balaban J connectivity index is 1.38. The van der Waals surface area contributed by atoms with Crippen LogP contribution in [-0.4, -0.2) is 73.0 Å². The molecule has 0 unspecified atom stereocenters. The van der Waals surface area contributed by atoms with Crippen molar-refractivity contribution in [2.24, 2.45) is 0 Å². The molecule has 8 heteroatoms. The molecule has 0 fully saturated rings. The minimum absolute atomic E-state index is 0.184. The second-order valence-corrected chi connectivity index (χ2v) is 10.9. The highest BCUT2D eigenvalue weighted by Gasteiger charge is 2.13. The van der Waals surface area contributed by atoms with E-state index in [2.05, 4.69) is 99.4 Å². The van der Waals surface area contributed by atoms with Crippen LogP contribution in [0, 0.1) is 0 Å². The molecule has 0 aliphatic heterocycles. The summed E-state index contributed by atoms with van der Waals surface area (Å²) in [5.74, 6) is -1.16. The summed E-state index contributed by atoms with van der Waals surface area (Å²) in [6.45, 7) is 0.770. The second kappa shape index (κ2) is 14.3. The van der Waals surface area contributed by atoms with Crippen molar-refractivity contribution in [3.05, 3.63) is 108 Å². The van der Waals surface area contributed by atoms with E-state index in [9.17, 15) is 15.0 Å². The number of hydrogen-bond donors (Lipinski definition) is 2. The van der Waals surface area contributed by atoms with Crippen molar-refractivity contribution in [3.63, 3.8) is 0 Å². The summed E-state index contributed by atoms with van der Waals surface area (Å²) in [6.07, 6.45) is 14.5. The number of benzene rings is 2. The monoisotopic (exact) mass is 581 g/mol. The largest absolute Gasteiger partial charge is 0.492 e. The van der Waals surface area contributed by atoms with Crippen LogP contribution in [-0.2, 0) is 4.79 Å². The SMILES string of the molecule is CN(C)c1ccc(C(C=Cc2ccc(N(C)CCCCC(=O)On3c(O)ccc3O)cc2)=C2C=CC(=[N+](C)C)C=C2)cc1. The van der Waals surface area contributed by atoms with Gasteiger partial charge in [0.05, 0.1) is 0 Å². The van der Waals surface area contributed by atoms with E-state index in [0.29, 0.717) is 11.2 Å². The molecule has 0 atom stereocenters. The number of allylic oxidation sites excluding steroid dienone is 7. The average Bonchev–Trinajstić information content (AvgIpc) is 3.32. The van der Waals surface area contributed by atoms with Crippen molar-refractivity contribution in [2.45, 2.75) is 19.3 Å². The Morgan fingerprint density at radius 2 is 1.44 bits per heavy atom. The van der Waals surface area contributed by atoms with Gasteiger partial charge in [0.1, 0.15) is 14.1 Å². The molecule has 1 aliphatic rings. The Morgan fingerprint density at radius 1 is 0.837 bits per heavy atom. The Hall–Kier alpha value is -4.98. The molecule has 0 amide bonds. The highest BCUT2D eigenvalue weighted by Crippen LogP contribution is 2.27. The smallest absolute Gasteiger partial charge is 0.333 e. The molecular formula is C35H41N4O4+. The molecule has 224 valence electrons. The lowest BCUT2D eigenvalue weighted by Crippen LogP contribution is -2.21. The van der Waals surface area contributed by atoms with Gasteiger partial charge in [-0.3, -0.25) is 0 Å². The van der Waals surface area contributed by atoms with Crippen molar-refractivity contribution < 1.29 is 24.4 Å². The number of aromatic nitrogens is 1. The van der Waals surface area contributed by atoms with E-state index in [1.165, 1.54) is 12.1 Å². The number of unbranched alkanes of at least 4 members (excludes halogenated alkanes) is 1. The molecule has 1 aromatic heterocycles. The van der Waals surface area contributed by atoms with Crippen LogP contribution in [0.4, 0.5) is 11.4 Å². The van der Waals surface area contributed by atoms with Crippen molar-refractivity contribution in [2.75, 3.05) is 51.6 Å². The van der Waals surface area contributed by atoms with Gasteiger partial charge in [-0.1, -0.05) is 36.4 Å². The number of carbonyl (C=O) groups excluding carboxylic acids is 1. The number of aromatic hydroxyl groups is 2. The van der Waals surface area contributed by atoms with Gasteiger partial charge in [0, 0.05) is 69.8 Å². The fourth-order valence-corrected chi connectivity index (χ4v) is 4.65. The third kappa shape index (κ3) is 8.29. The first kappa shape index (κ1) is 31.0. The van der Waals surface area contributed by atoms with Gasteiger partial charge < -0.3 is 24.9 Å². The summed E-state index contributed by atoms with van der Waals surface area (Å²) in [7, 11) is 10.2. The third-order valence-corrected chi connectivity index (χ3v) is 7.28. The fraction of sp³-hybridized carbons (Fsp3) is 0.257. The Bertz CT molecular complexity index is 1530. The molecule has 0 spiro atoms. The molecule has 1 heterocycles. The number of anilines is 2. The zero-order valence-corrected chi connectivity index (χ0v) is 25.6. The van der Waals surface area contributed by atoms with Gasteiger partial charge in [0.25, 0.3) is 0 Å². The molecule has 0 saturated heterocycles. The van der Waals surface area contributed by atoms with Gasteiger partial charge in [-0.25, -0.2) is 9.37 Å². The lowest BCUT2D eigenvalue weighted by molar-refractivity contribution is -0.462. The van der Waals surface area contributed by atoms with Gasteiger partial charge >= 0.3 is 5.97 Å². The predicted octanol–water partition coefficient (Wildman–Crippen LogP) is 5.53. The van der Waals surface area contributed by atoms with Crippen molar-refractivity contribution in [1.82, 2.24) is 4.73 Å². The molecule has 2 N–H and O–H groups in total. The van der Waals surface area contributed by atoms with E-state index in [4.69, 9.17) is 4.84 Å². The van der Waals surface area contributed by atoms with Gasteiger partial charge in [0.2, 0.25) is 11.8 Å². The number of carbonyl (C=O) groups is 1. The number of rotatable bonds is 11. The average molecular weight is 582 g/mol. The summed E-state index contributed by atoms with van der Waals surface area (Å²) in [6, 6.07) is 19.5. The fourth-order valence-electron chi connectivity index (χ4n) is 4.65. The molecule has 3 aromatic rings. The molecule has 0 saturated carbocycles. The maximum absolute atomic E-state index is 12.1. The van der Waals surface area contributed by atoms with Crippen LogP contribution in [0.1, 0.15) is 30.4 Å². The van der Waals surface area contributed by atoms with Crippen LogP contribution < -0.4 is 14.6 Å². The van der Waals surface area contributed by atoms with E-state index in [-0.39, 0.29) is 18.2 Å². The van der Waals surface area contributed by atoms with Crippen LogP contribution in [0.15, 0.2) is 96.6 Å². The molecule has 1 aliphatic carbocycles. The van der Waals surface area contributed by atoms with E-state index in [1.807, 2.05) is 35.2 Å². The summed E-state index contributed by atoms with van der Waals surface area (Å²) in [5, 5.41) is 19.2. The molecular weight excluding hydrogens is 540 g/mol. The van der Waals surface area contributed by atoms with E-state index >= 15 is 0 Å². The topological polar surface area (TPSA) is 81.2 Å². The summed E-state index contributed by atoms with van der Waals surface area (Å²) in [4.78, 5) is 21.3. The standard InChI is InChI=1S/C35H40N4O4/c1-36(2)29-18-12-27(13-19-29)32(28-14-20-30(21-15-28)37(3)4)22-11-26-9-16-31(17-10-26)38(5)25-7-6-8-35(42)43-39-33(40)23-24-34(39)41/h9-24H,6-8,25H2,1-5H3,(H-,40,41)/p+1. The minimum atomic E-state index is -0.515. The molecule has 0 bridgehead atoms. The van der Waals surface area contributed by atoms with Crippen molar-refractivity contribution in [1.29, 1.82) is 0 Å². The zero-order chi connectivity index (χ0) is 30.9. The molecule has 8 nitrogen and oxygen atoms in total. The van der Waals surface area contributed by atoms with Crippen LogP contribution in [0.25, 0.3) is 11.6 Å².